The van der Waals surface area contributed by atoms with E-state index in [2.05, 4.69) is 25.5 Å². The van der Waals surface area contributed by atoms with Gasteiger partial charge in [0.1, 0.15) is 5.82 Å². The number of halogens is 1. The van der Waals surface area contributed by atoms with Crippen LogP contribution in [0.4, 0.5) is 5.69 Å². The topological polar surface area (TPSA) is 83.6 Å². The fraction of sp³-hybridized carbons (Fsp3) is 0.273. The molecule has 0 atom stereocenters. The third-order valence-electron chi connectivity index (χ3n) is 2.25. The molecule has 0 aromatic carbocycles. The van der Waals surface area contributed by atoms with Crippen LogP contribution in [0.2, 0.25) is 5.02 Å². The minimum Gasteiger partial charge on any atom is -0.318 e. The summed E-state index contributed by atoms with van der Waals surface area (Å²) in [5, 5.41) is 9.19. The van der Waals surface area contributed by atoms with E-state index in [4.69, 9.17) is 11.6 Å². The Bertz CT molecular complexity index is 553. The van der Waals surface area contributed by atoms with Crippen molar-refractivity contribution in [2.75, 3.05) is 5.32 Å². The number of aromatic amines is 1. The Labute approximate surface area is 109 Å². The van der Waals surface area contributed by atoms with Crippen LogP contribution in [-0.2, 0) is 0 Å². The number of nitrogens with one attached hydrogen (secondary N) is 2. The van der Waals surface area contributed by atoms with Gasteiger partial charge >= 0.3 is 0 Å². The molecule has 0 fully saturated rings. The van der Waals surface area contributed by atoms with Gasteiger partial charge < -0.3 is 5.32 Å². The zero-order chi connectivity index (χ0) is 13.1. The summed E-state index contributed by atoms with van der Waals surface area (Å²) in [6.45, 7) is 3.89. The number of hydrogen-bond acceptors (Lipinski definition) is 4. The molecule has 2 N–H and O–H groups in total. The zero-order valence-electron chi connectivity index (χ0n) is 9.94. The van der Waals surface area contributed by atoms with Crippen molar-refractivity contribution in [3.8, 4) is 0 Å². The summed E-state index contributed by atoms with van der Waals surface area (Å²) in [6, 6.07) is 0. The lowest BCUT2D eigenvalue weighted by molar-refractivity contribution is 0.102. The van der Waals surface area contributed by atoms with Gasteiger partial charge in [-0.15, -0.1) is 0 Å². The van der Waals surface area contributed by atoms with Crippen molar-refractivity contribution in [3.63, 3.8) is 0 Å². The van der Waals surface area contributed by atoms with Crippen LogP contribution in [0, 0.1) is 0 Å². The number of carbonyl (C=O) groups is 1. The monoisotopic (exact) mass is 265 g/mol. The first kappa shape index (κ1) is 12.5. The number of amides is 1. The maximum atomic E-state index is 12.0. The smallest absolute Gasteiger partial charge is 0.276 e. The zero-order valence-corrected chi connectivity index (χ0v) is 10.7. The van der Waals surface area contributed by atoms with E-state index in [1.54, 1.807) is 6.20 Å². The number of aromatic nitrogens is 4. The van der Waals surface area contributed by atoms with Gasteiger partial charge in [0.2, 0.25) is 0 Å². The Morgan fingerprint density at radius 2 is 2.22 bits per heavy atom. The van der Waals surface area contributed by atoms with Crippen LogP contribution in [0.1, 0.15) is 36.1 Å². The number of anilines is 1. The lowest BCUT2D eigenvalue weighted by Gasteiger charge is -2.07. The van der Waals surface area contributed by atoms with Gasteiger partial charge in [-0.25, -0.2) is 9.97 Å². The third-order valence-corrected chi connectivity index (χ3v) is 2.53. The Hall–Kier alpha value is -1.95. The highest BCUT2D eigenvalue weighted by Crippen LogP contribution is 2.17. The average molecular weight is 266 g/mol. The molecular formula is C11H12ClN5O. The molecule has 1 amide bonds. The van der Waals surface area contributed by atoms with Crippen LogP contribution < -0.4 is 5.32 Å². The summed E-state index contributed by atoms with van der Waals surface area (Å²) < 4.78 is 0. The van der Waals surface area contributed by atoms with Crippen LogP contribution >= 0.6 is 11.6 Å². The molecule has 2 rings (SSSR count). The van der Waals surface area contributed by atoms with Crippen molar-refractivity contribution in [3.05, 3.63) is 35.1 Å². The summed E-state index contributed by atoms with van der Waals surface area (Å²) in [6.07, 6.45) is 4.50. The van der Waals surface area contributed by atoms with Crippen LogP contribution in [-0.4, -0.2) is 26.1 Å². The van der Waals surface area contributed by atoms with Gasteiger partial charge in [0.05, 0.1) is 23.1 Å². The van der Waals surface area contributed by atoms with Crippen molar-refractivity contribution in [1.82, 2.24) is 20.2 Å². The molecule has 0 bridgehead atoms. The highest BCUT2D eigenvalue weighted by atomic mass is 35.5. The Kier molecular flexibility index (Phi) is 3.57. The molecule has 0 aliphatic heterocycles. The normalized spacial score (nSPS) is 10.7. The predicted molar refractivity (Wildman–Crippen MR) is 67.7 cm³/mol. The first-order valence-electron chi connectivity index (χ1n) is 5.40. The fourth-order valence-corrected chi connectivity index (χ4v) is 1.50. The number of carbonyl (C=O) groups excluding carboxylic acids is 1. The lowest BCUT2D eigenvalue weighted by Crippen LogP contribution is -2.16. The van der Waals surface area contributed by atoms with Crippen molar-refractivity contribution in [2.45, 2.75) is 19.8 Å². The average Bonchev–Trinajstić information content (AvgIpc) is 2.81. The van der Waals surface area contributed by atoms with Gasteiger partial charge in [-0.1, -0.05) is 25.4 Å². The van der Waals surface area contributed by atoms with Crippen LogP contribution in [0.25, 0.3) is 0 Å². The van der Waals surface area contributed by atoms with Crippen LogP contribution in [0.5, 0.6) is 0 Å². The number of nitrogens with zero attached hydrogens (tertiary/aromatic N) is 3. The third kappa shape index (κ3) is 2.65. The summed E-state index contributed by atoms with van der Waals surface area (Å²) >= 11 is 5.93. The molecule has 0 spiro atoms. The molecule has 0 saturated heterocycles. The van der Waals surface area contributed by atoms with E-state index >= 15 is 0 Å². The van der Waals surface area contributed by atoms with Crippen molar-refractivity contribution >= 4 is 23.2 Å². The fourth-order valence-electron chi connectivity index (χ4n) is 1.33. The molecule has 2 heterocycles. The molecule has 0 radical (unpaired) electrons. The standard InChI is InChI=1S/C11H12ClN5O/c1-6(2)10-13-5-8(12)9(17-10)11(18)16-7-3-14-15-4-7/h3-6H,1-2H3,(H,14,15)(H,16,18). The lowest BCUT2D eigenvalue weighted by atomic mass is 10.2. The van der Waals surface area contributed by atoms with E-state index in [0.29, 0.717) is 11.5 Å². The van der Waals surface area contributed by atoms with E-state index in [9.17, 15) is 4.79 Å². The number of rotatable bonds is 3. The van der Waals surface area contributed by atoms with Gasteiger partial charge in [0, 0.05) is 12.1 Å². The molecule has 18 heavy (non-hydrogen) atoms. The minimum atomic E-state index is -0.384. The minimum absolute atomic E-state index is 0.128. The number of hydrogen-bond donors (Lipinski definition) is 2. The summed E-state index contributed by atoms with van der Waals surface area (Å²) in [5.41, 5.74) is 0.720. The van der Waals surface area contributed by atoms with Gasteiger partial charge in [-0.2, -0.15) is 5.10 Å². The SMILES string of the molecule is CC(C)c1ncc(Cl)c(C(=O)Nc2cn[nH]c2)n1. The Balaban J connectivity index is 2.26. The first-order chi connectivity index (χ1) is 8.58. The van der Waals surface area contributed by atoms with Crippen molar-refractivity contribution < 1.29 is 4.79 Å². The molecule has 0 aliphatic rings. The van der Waals surface area contributed by atoms with Gasteiger partial charge in [-0.3, -0.25) is 9.89 Å². The molecule has 0 unspecified atom stereocenters. The summed E-state index contributed by atoms with van der Waals surface area (Å²) in [7, 11) is 0. The highest BCUT2D eigenvalue weighted by molar-refractivity contribution is 6.33. The second-order valence-electron chi connectivity index (χ2n) is 4.02. The molecule has 0 saturated carbocycles. The molecule has 2 aromatic rings. The maximum Gasteiger partial charge on any atom is 0.276 e. The molecule has 6 nitrogen and oxygen atoms in total. The maximum absolute atomic E-state index is 12.0. The van der Waals surface area contributed by atoms with Gasteiger partial charge in [-0.05, 0) is 0 Å². The molecule has 0 aliphatic carbocycles. The van der Waals surface area contributed by atoms with E-state index < -0.39 is 0 Å². The highest BCUT2D eigenvalue weighted by Gasteiger charge is 2.15. The summed E-state index contributed by atoms with van der Waals surface area (Å²) in [4.78, 5) is 20.2. The Morgan fingerprint density at radius 3 is 2.83 bits per heavy atom. The van der Waals surface area contributed by atoms with Crippen LogP contribution in [0.3, 0.4) is 0 Å². The van der Waals surface area contributed by atoms with Crippen LogP contribution in [0.15, 0.2) is 18.6 Å². The van der Waals surface area contributed by atoms with E-state index in [1.165, 1.54) is 12.4 Å². The largest absolute Gasteiger partial charge is 0.318 e. The second-order valence-corrected chi connectivity index (χ2v) is 4.43. The quantitative estimate of drug-likeness (QED) is 0.891. The van der Waals surface area contributed by atoms with Crippen molar-refractivity contribution in [2.24, 2.45) is 0 Å². The molecular weight excluding hydrogens is 254 g/mol. The predicted octanol–water partition coefficient (Wildman–Crippen LogP) is 2.23. The second kappa shape index (κ2) is 5.14. The molecule has 2 aromatic heterocycles. The Morgan fingerprint density at radius 1 is 1.44 bits per heavy atom. The van der Waals surface area contributed by atoms with E-state index in [-0.39, 0.29) is 22.5 Å². The first-order valence-corrected chi connectivity index (χ1v) is 5.78. The van der Waals surface area contributed by atoms with Gasteiger partial charge in [0.15, 0.2) is 5.69 Å². The van der Waals surface area contributed by atoms with Gasteiger partial charge in [0.25, 0.3) is 5.91 Å². The van der Waals surface area contributed by atoms with E-state index in [0.717, 1.165) is 0 Å². The number of H-pyrrole nitrogens is 1. The van der Waals surface area contributed by atoms with Crippen molar-refractivity contribution in [1.29, 1.82) is 0 Å². The van der Waals surface area contributed by atoms with E-state index in [1.807, 2.05) is 13.8 Å². The summed E-state index contributed by atoms with van der Waals surface area (Å²) in [5.74, 6) is 0.324. The molecule has 94 valence electrons. The molecule has 7 heteroatoms.